The molecule has 0 aromatic heterocycles. The van der Waals surface area contributed by atoms with Gasteiger partial charge in [0.2, 0.25) is 10.0 Å². The minimum absolute atomic E-state index is 0.206. The quantitative estimate of drug-likeness (QED) is 0.897. The first-order valence-electron chi connectivity index (χ1n) is 7.85. The third kappa shape index (κ3) is 2.95. The van der Waals surface area contributed by atoms with E-state index in [4.69, 9.17) is 4.74 Å². The molecule has 1 amide bonds. The Hall–Kier alpha value is -1.60. The number of sulfonamides is 1. The zero-order valence-corrected chi connectivity index (χ0v) is 14.4. The number of piperidine rings is 1. The third-order valence-corrected chi connectivity index (χ3v) is 6.39. The van der Waals surface area contributed by atoms with Gasteiger partial charge < -0.3 is 10.1 Å². The molecular weight excluding hydrogens is 316 g/mol. The van der Waals surface area contributed by atoms with Crippen LogP contribution in [0.15, 0.2) is 23.1 Å². The molecule has 0 radical (unpaired) electrons. The fourth-order valence-electron chi connectivity index (χ4n) is 2.82. The molecule has 2 heterocycles. The molecule has 3 rings (SSSR count). The second-order valence-electron chi connectivity index (χ2n) is 6.81. The maximum atomic E-state index is 12.8. The number of anilines is 1. The lowest BCUT2D eigenvalue weighted by Gasteiger charge is -2.32. The summed E-state index contributed by atoms with van der Waals surface area (Å²) in [6.07, 6.45) is 1.76. The maximum absolute atomic E-state index is 12.8. The molecule has 1 saturated heterocycles. The van der Waals surface area contributed by atoms with Crippen LogP contribution in [0, 0.1) is 5.92 Å². The number of nitrogens with zero attached hydrogens (tertiary/aromatic N) is 1. The molecule has 1 aromatic carbocycles. The molecule has 0 unspecified atom stereocenters. The van der Waals surface area contributed by atoms with E-state index in [0.29, 0.717) is 30.4 Å². The molecule has 0 aliphatic carbocycles. The van der Waals surface area contributed by atoms with Crippen LogP contribution in [-0.4, -0.2) is 37.3 Å². The molecule has 2 aliphatic heterocycles. The van der Waals surface area contributed by atoms with Gasteiger partial charge in [-0.2, -0.15) is 4.31 Å². The minimum atomic E-state index is -3.53. The van der Waals surface area contributed by atoms with Crippen LogP contribution in [0.2, 0.25) is 0 Å². The number of amides is 1. The largest absolute Gasteiger partial charge is 0.476 e. The average Bonchev–Trinajstić information content (AvgIpc) is 2.48. The minimum Gasteiger partial charge on any atom is -0.476 e. The number of nitrogens with one attached hydrogen (secondary N) is 1. The third-order valence-electron chi connectivity index (χ3n) is 4.49. The summed E-state index contributed by atoms with van der Waals surface area (Å²) in [7, 11) is -3.53. The molecule has 0 spiro atoms. The van der Waals surface area contributed by atoms with Crippen LogP contribution >= 0.6 is 0 Å². The van der Waals surface area contributed by atoms with E-state index in [9.17, 15) is 13.2 Å². The highest BCUT2D eigenvalue weighted by Gasteiger charge is 2.36. The smallest absolute Gasteiger partial charge is 0.268 e. The number of fused-ring (bicyclic) bond motifs is 1. The summed E-state index contributed by atoms with van der Waals surface area (Å²) in [5.41, 5.74) is -0.517. The maximum Gasteiger partial charge on any atom is 0.268 e. The molecule has 126 valence electrons. The molecule has 0 bridgehead atoms. The molecule has 1 aromatic rings. The summed E-state index contributed by atoms with van der Waals surface area (Å²) < 4.78 is 32.8. The fraction of sp³-hybridized carbons (Fsp3) is 0.562. The van der Waals surface area contributed by atoms with Crippen molar-refractivity contribution in [3.8, 4) is 5.75 Å². The zero-order valence-electron chi connectivity index (χ0n) is 13.6. The van der Waals surface area contributed by atoms with Gasteiger partial charge in [-0.1, -0.05) is 6.92 Å². The first kappa shape index (κ1) is 16.3. The summed E-state index contributed by atoms with van der Waals surface area (Å²) in [5, 5.41) is 2.74. The van der Waals surface area contributed by atoms with Gasteiger partial charge >= 0.3 is 0 Å². The first-order chi connectivity index (χ1) is 10.7. The highest BCUT2D eigenvalue weighted by atomic mass is 32.2. The van der Waals surface area contributed by atoms with Crippen LogP contribution in [0.4, 0.5) is 5.69 Å². The monoisotopic (exact) mass is 338 g/mol. The van der Waals surface area contributed by atoms with Gasteiger partial charge in [-0.3, -0.25) is 4.79 Å². The summed E-state index contributed by atoms with van der Waals surface area (Å²) in [5.74, 6) is 0.705. The second-order valence-corrected chi connectivity index (χ2v) is 8.75. The Balaban J connectivity index is 1.91. The van der Waals surface area contributed by atoms with Crippen molar-refractivity contribution < 1.29 is 17.9 Å². The summed E-state index contributed by atoms with van der Waals surface area (Å²) in [6, 6.07) is 4.61. The molecule has 6 nitrogen and oxygen atoms in total. The van der Waals surface area contributed by atoms with E-state index < -0.39 is 15.6 Å². The number of hydrogen-bond acceptors (Lipinski definition) is 4. The Kier molecular flexibility index (Phi) is 3.88. The van der Waals surface area contributed by atoms with Crippen molar-refractivity contribution in [2.75, 3.05) is 18.4 Å². The summed E-state index contributed by atoms with van der Waals surface area (Å²) >= 11 is 0. The lowest BCUT2D eigenvalue weighted by molar-refractivity contribution is -0.129. The van der Waals surface area contributed by atoms with Crippen molar-refractivity contribution in [3.05, 3.63) is 18.2 Å². The summed E-state index contributed by atoms with van der Waals surface area (Å²) in [6.45, 7) is 6.53. The number of rotatable bonds is 2. The average molecular weight is 338 g/mol. The van der Waals surface area contributed by atoms with Crippen molar-refractivity contribution >= 4 is 21.6 Å². The number of ether oxygens (including phenoxy) is 1. The molecule has 23 heavy (non-hydrogen) atoms. The van der Waals surface area contributed by atoms with Crippen molar-refractivity contribution in [1.29, 1.82) is 0 Å². The Morgan fingerprint density at radius 1 is 1.26 bits per heavy atom. The highest BCUT2D eigenvalue weighted by Crippen LogP contribution is 2.36. The Labute approximate surface area is 136 Å². The lowest BCUT2D eigenvalue weighted by Crippen LogP contribution is -2.45. The van der Waals surface area contributed by atoms with Gasteiger partial charge in [0, 0.05) is 19.2 Å². The van der Waals surface area contributed by atoms with Gasteiger partial charge in [0.25, 0.3) is 5.91 Å². The van der Waals surface area contributed by atoms with Crippen molar-refractivity contribution in [2.45, 2.75) is 44.1 Å². The van der Waals surface area contributed by atoms with Crippen LogP contribution in [0.1, 0.15) is 33.6 Å². The van der Waals surface area contributed by atoms with Gasteiger partial charge in [-0.25, -0.2) is 8.42 Å². The van der Waals surface area contributed by atoms with E-state index in [1.54, 1.807) is 19.9 Å². The van der Waals surface area contributed by atoms with Crippen LogP contribution in [0.3, 0.4) is 0 Å². The lowest BCUT2D eigenvalue weighted by atomic mass is 10.0. The summed E-state index contributed by atoms with van der Waals surface area (Å²) in [4.78, 5) is 12.1. The van der Waals surface area contributed by atoms with Gasteiger partial charge in [-0.15, -0.1) is 0 Å². The second kappa shape index (κ2) is 5.49. The molecule has 1 N–H and O–H groups in total. The Morgan fingerprint density at radius 2 is 1.91 bits per heavy atom. The van der Waals surface area contributed by atoms with E-state index in [1.165, 1.54) is 16.4 Å². The van der Waals surface area contributed by atoms with E-state index in [0.717, 1.165) is 12.8 Å². The van der Waals surface area contributed by atoms with E-state index >= 15 is 0 Å². The predicted octanol–water partition coefficient (Wildman–Crippen LogP) is 2.22. The van der Waals surface area contributed by atoms with Gasteiger partial charge in [0.1, 0.15) is 5.75 Å². The number of hydrogen-bond donors (Lipinski definition) is 1. The van der Waals surface area contributed by atoms with E-state index in [2.05, 4.69) is 12.2 Å². The van der Waals surface area contributed by atoms with E-state index in [-0.39, 0.29) is 10.8 Å². The van der Waals surface area contributed by atoms with Gasteiger partial charge in [-0.05, 0) is 44.7 Å². The van der Waals surface area contributed by atoms with Crippen LogP contribution in [-0.2, 0) is 14.8 Å². The topological polar surface area (TPSA) is 75.7 Å². The van der Waals surface area contributed by atoms with Gasteiger partial charge in [0.15, 0.2) is 5.60 Å². The van der Waals surface area contributed by atoms with Crippen LogP contribution in [0.5, 0.6) is 5.75 Å². The zero-order chi connectivity index (χ0) is 16.8. The normalized spacial score (nSPS) is 22.1. The fourth-order valence-corrected chi connectivity index (χ4v) is 4.30. The first-order valence-corrected chi connectivity index (χ1v) is 9.29. The molecule has 1 fully saturated rings. The highest BCUT2D eigenvalue weighted by molar-refractivity contribution is 7.89. The Bertz CT molecular complexity index is 734. The molecular formula is C16H22N2O4S. The standard InChI is InChI=1S/C16H22N2O4S/c1-11-6-8-18(9-7-11)23(20,21)12-4-5-13-14(10-12)22-16(2,3)15(19)17-13/h4-5,10-11H,6-9H2,1-3H3,(H,17,19). The van der Waals surface area contributed by atoms with Crippen molar-refractivity contribution in [1.82, 2.24) is 4.31 Å². The molecule has 7 heteroatoms. The SMILES string of the molecule is CC1CCN(S(=O)(=O)c2ccc3c(c2)OC(C)(C)C(=O)N3)CC1. The van der Waals surface area contributed by atoms with Crippen molar-refractivity contribution in [2.24, 2.45) is 5.92 Å². The van der Waals surface area contributed by atoms with Gasteiger partial charge in [0.05, 0.1) is 10.6 Å². The number of carbonyl (C=O) groups is 1. The molecule has 0 atom stereocenters. The Morgan fingerprint density at radius 3 is 2.57 bits per heavy atom. The number of benzene rings is 1. The molecule has 2 aliphatic rings. The van der Waals surface area contributed by atoms with E-state index in [1.807, 2.05) is 0 Å². The van der Waals surface area contributed by atoms with Crippen LogP contribution in [0.25, 0.3) is 0 Å². The number of carbonyl (C=O) groups excluding carboxylic acids is 1. The van der Waals surface area contributed by atoms with Crippen molar-refractivity contribution in [3.63, 3.8) is 0 Å². The van der Waals surface area contributed by atoms with Crippen LogP contribution < -0.4 is 10.1 Å². The molecule has 0 saturated carbocycles. The predicted molar refractivity (Wildman–Crippen MR) is 86.9 cm³/mol.